The normalized spacial score (nSPS) is 14.6. The van der Waals surface area contributed by atoms with Gasteiger partial charge >= 0.3 is 0 Å². The molecule has 0 aromatic heterocycles. The molecule has 2 aromatic carbocycles. The van der Waals surface area contributed by atoms with E-state index in [-0.39, 0.29) is 18.3 Å². The Bertz CT molecular complexity index is 1110. The Morgan fingerprint density at radius 1 is 1.34 bits per heavy atom. The van der Waals surface area contributed by atoms with Gasteiger partial charge in [-0.05, 0) is 70.6 Å². The summed E-state index contributed by atoms with van der Waals surface area (Å²) in [5.41, 5.74) is 1.19. The SMILES string of the molecule is C=CCN1C(=O)/C(=C/c2cc(I)c(OCC(=O)Nc3ccc(F)cc3)c(OC)c2)SC1=S. The monoisotopic (exact) mass is 584 g/mol. The molecular formula is C22H18FIN2O4S2. The third-order valence-corrected chi connectivity index (χ3v) is 6.39. The lowest BCUT2D eigenvalue weighted by atomic mass is 10.2. The Kier molecular flexibility index (Phi) is 8.26. The molecule has 1 aliphatic heterocycles. The van der Waals surface area contributed by atoms with Gasteiger partial charge in [0.05, 0.1) is 15.6 Å². The molecule has 0 bridgehead atoms. The molecule has 0 unspecified atom stereocenters. The third-order valence-electron chi connectivity index (χ3n) is 4.21. The second-order valence-electron chi connectivity index (χ2n) is 6.46. The van der Waals surface area contributed by atoms with Gasteiger partial charge in [-0.3, -0.25) is 14.5 Å². The first-order chi connectivity index (χ1) is 15.3. The number of amides is 2. The van der Waals surface area contributed by atoms with Crippen LogP contribution in [0.5, 0.6) is 11.5 Å². The molecule has 166 valence electrons. The van der Waals surface area contributed by atoms with Crippen molar-refractivity contribution >= 4 is 74.5 Å². The molecule has 2 aromatic rings. The Hall–Kier alpha value is -2.44. The largest absolute Gasteiger partial charge is 0.493 e. The number of ether oxygens (including phenoxy) is 2. The van der Waals surface area contributed by atoms with Crippen LogP contribution in [0.25, 0.3) is 6.08 Å². The summed E-state index contributed by atoms with van der Waals surface area (Å²) in [6.07, 6.45) is 3.36. The predicted octanol–water partition coefficient (Wildman–Crippen LogP) is 4.84. The highest BCUT2D eigenvalue weighted by Crippen LogP contribution is 2.37. The fraction of sp³-hybridized carbons (Fsp3) is 0.136. The zero-order valence-corrected chi connectivity index (χ0v) is 20.7. The number of anilines is 1. The van der Waals surface area contributed by atoms with E-state index in [1.807, 2.05) is 6.07 Å². The van der Waals surface area contributed by atoms with E-state index in [0.29, 0.717) is 36.5 Å². The maximum atomic E-state index is 13.0. The number of thiocarbonyl (C=S) groups is 1. The van der Waals surface area contributed by atoms with Crippen molar-refractivity contribution in [1.82, 2.24) is 4.90 Å². The van der Waals surface area contributed by atoms with Gasteiger partial charge in [-0.1, -0.05) is 30.1 Å². The topological polar surface area (TPSA) is 67.9 Å². The molecule has 0 aliphatic carbocycles. The van der Waals surface area contributed by atoms with Crippen molar-refractivity contribution in [3.8, 4) is 11.5 Å². The number of carbonyl (C=O) groups excluding carboxylic acids is 2. The van der Waals surface area contributed by atoms with Crippen LogP contribution in [0.15, 0.2) is 54.0 Å². The van der Waals surface area contributed by atoms with E-state index in [2.05, 4.69) is 34.5 Å². The first kappa shape index (κ1) is 24.2. The van der Waals surface area contributed by atoms with E-state index < -0.39 is 5.91 Å². The second kappa shape index (κ2) is 10.9. The smallest absolute Gasteiger partial charge is 0.266 e. The molecule has 3 rings (SSSR count). The predicted molar refractivity (Wildman–Crippen MR) is 136 cm³/mol. The minimum absolute atomic E-state index is 0.174. The van der Waals surface area contributed by atoms with Crippen molar-refractivity contribution in [2.75, 3.05) is 25.6 Å². The molecular weight excluding hydrogens is 566 g/mol. The Balaban J connectivity index is 1.73. The van der Waals surface area contributed by atoms with Crippen LogP contribution in [0.3, 0.4) is 0 Å². The molecule has 6 nitrogen and oxygen atoms in total. The van der Waals surface area contributed by atoms with Gasteiger partial charge in [0.25, 0.3) is 11.8 Å². The van der Waals surface area contributed by atoms with Gasteiger partial charge in [0.1, 0.15) is 10.1 Å². The van der Waals surface area contributed by atoms with Crippen molar-refractivity contribution in [2.45, 2.75) is 0 Å². The summed E-state index contributed by atoms with van der Waals surface area (Å²) in [6, 6.07) is 8.97. The van der Waals surface area contributed by atoms with Crippen LogP contribution in [0.1, 0.15) is 5.56 Å². The van der Waals surface area contributed by atoms with Gasteiger partial charge in [0.15, 0.2) is 18.1 Å². The lowest BCUT2D eigenvalue weighted by Crippen LogP contribution is -2.27. The van der Waals surface area contributed by atoms with Crippen LogP contribution >= 0.6 is 46.6 Å². The van der Waals surface area contributed by atoms with Gasteiger partial charge in [0, 0.05) is 12.2 Å². The van der Waals surface area contributed by atoms with Crippen molar-refractivity contribution in [3.63, 3.8) is 0 Å². The molecule has 0 radical (unpaired) electrons. The number of nitrogens with zero attached hydrogens (tertiary/aromatic N) is 1. The van der Waals surface area contributed by atoms with Crippen molar-refractivity contribution < 1.29 is 23.5 Å². The molecule has 32 heavy (non-hydrogen) atoms. The summed E-state index contributed by atoms with van der Waals surface area (Å²) < 4.78 is 25.3. The summed E-state index contributed by atoms with van der Waals surface area (Å²) in [5, 5.41) is 2.63. The molecule has 1 fully saturated rings. The molecule has 0 spiro atoms. The van der Waals surface area contributed by atoms with Gasteiger partial charge in [-0.15, -0.1) is 6.58 Å². The number of nitrogens with one attached hydrogen (secondary N) is 1. The van der Waals surface area contributed by atoms with Crippen LogP contribution in [0.4, 0.5) is 10.1 Å². The minimum atomic E-state index is -0.399. The van der Waals surface area contributed by atoms with Crippen LogP contribution in [0, 0.1) is 9.39 Å². The molecule has 1 saturated heterocycles. The second-order valence-corrected chi connectivity index (χ2v) is 9.30. The van der Waals surface area contributed by atoms with E-state index in [0.717, 1.165) is 5.56 Å². The zero-order chi connectivity index (χ0) is 23.3. The number of carbonyl (C=O) groups is 2. The summed E-state index contributed by atoms with van der Waals surface area (Å²) >= 11 is 8.56. The Morgan fingerprint density at radius 2 is 2.06 bits per heavy atom. The fourth-order valence-electron chi connectivity index (χ4n) is 2.77. The zero-order valence-electron chi connectivity index (χ0n) is 16.9. The van der Waals surface area contributed by atoms with Crippen molar-refractivity contribution in [2.24, 2.45) is 0 Å². The standard InChI is InChI=1S/C22H18FIN2O4S2/c1-3-8-26-21(28)18(32-22(26)31)11-13-9-16(24)20(17(10-13)29-2)30-12-19(27)25-15-6-4-14(23)5-7-15/h3-7,9-11H,1,8,12H2,2H3,(H,25,27)/b18-11-. The van der Waals surface area contributed by atoms with Crippen molar-refractivity contribution in [1.29, 1.82) is 0 Å². The summed E-state index contributed by atoms with van der Waals surface area (Å²) in [5.74, 6) is -0.143. The highest BCUT2D eigenvalue weighted by Gasteiger charge is 2.31. The van der Waals surface area contributed by atoms with Gasteiger partial charge in [0.2, 0.25) is 0 Å². The van der Waals surface area contributed by atoms with Crippen molar-refractivity contribution in [3.05, 3.63) is 68.9 Å². The lowest BCUT2D eigenvalue weighted by molar-refractivity contribution is -0.121. The van der Waals surface area contributed by atoms with Crippen LogP contribution in [-0.4, -0.2) is 41.3 Å². The highest BCUT2D eigenvalue weighted by atomic mass is 127. The Labute approximate surface area is 208 Å². The number of methoxy groups -OCH3 is 1. The van der Waals surface area contributed by atoms with Gasteiger partial charge in [-0.2, -0.15) is 0 Å². The number of halogens is 2. The van der Waals surface area contributed by atoms with E-state index in [4.69, 9.17) is 21.7 Å². The van der Waals surface area contributed by atoms with Gasteiger partial charge in [-0.25, -0.2) is 4.39 Å². The molecule has 10 heteroatoms. The average molecular weight is 584 g/mol. The summed E-state index contributed by atoms with van der Waals surface area (Å²) in [6.45, 7) is 3.74. The maximum Gasteiger partial charge on any atom is 0.266 e. The fourth-order valence-corrected chi connectivity index (χ4v) is 4.83. The van der Waals surface area contributed by atoms with Gasteiger partial charge < -0.3 is 14.8 Å². The van der Waals surface area contributed by atoms with Crippen LogP contribution in [-0.2, 0) is 9.59 Å². The number of thioether (sulfide) groups is 1. The molecule has 1 heterocycles. The Morgan fingerprint density at radius 3 is 2.72 bits per heavy atom. The van der Waals surface area contributed by atoms with E-state index in [9.17, 15) is 14.0 Å². The summed E-state index contributed by atoms with van der Waals surface area (Å²) in [7, 11) is 1.49. The number of hydrogen-bond donors (Lipinski definition) is 1. The number of benzene rings is 2. The van der Waals surface area contributed by atoms with Crippen LogP contribution in [0.2, 0.25) is 0 Å². The quantitative estimate of drug-likeness (QED) is 0.207. The molecule has 1 N–H and O–H groups in total. The first-order valence-electron chi connectivity index (χ1n) is 9.24. The maximum absolute atomic E-state index is 13.0. The molecule has 0 atom stereocenters. The number of hydrogen-bond acceptors (Lipinski definition) is 6. The minimum Gasteiger partial charge on any atom is -0.493 e. The first-order valence-corrected chi connectivity index (χ1v) is 11.5. The average Bonchev–Trinajstić information content (AvgIpc) is 3.02. The molecule has 0 saturated carbocycles. The van der Waals surface area contributed by atoms with Crippen LogP contribution < -0.4 is 14.8 Å². The number of rotatable bonds is 8. The third kappa shape index (κ3) is 5.87. The summed E-state index contributed by atoms with van der Waals surface area (Å²) in [4.78, 5) is 26.7. The molecule has 2 amide bonds. The van der Waals surface area contributed by atoms with E-state index >= 15 is 0 Å². The lowest BCUT2D eigenvalue weighted by Gasteiger charge is -2.14. The van der Waals surface area contributed by atoms with E-state index in [1.165, 1.54) is 48.0 Å². The molecule has 1 aliphatic rings. The van der Waals surface area contributed by atoms with E-state index in [1.54, 1.807) is 18.2 Å². The highest BCUT2D eigenvalue weighted by molar-refractivity contribution is 14.1.